The van der Waals surface area contributed by atoms with Gasteiger partial charge >= 0.3 is 0 Å². The zero-order valence-corrected chi connectivity index (χ0v) is 21.0. The Bertz CT molecular complexity index is 743. The van der Waals surface area contributed by atoms with Gasteiger partial charge in [-0.3, -0.25) is 14.9 Å². The Balaban J connectivity index is 0.00000480. The Labute approximate surface area is 201 Å². The second kappa shape index (κ2) is 12.8. The number of nitrogens with one attached hydrogen (secondary N) is 2. The van der Waals surface area contributed by atoms with Crippen molar-refractivity contribution in [3.8, 4) is 0 Å². The van der Waals surface area contributed by atoms with Gasteiger partial charge in [-0.15, -0.1) is 24.0 Å². The average Bonchev–Trinajstić information content (AvgIpc) is 2.67. The highest BCUT2D eigenvalue weighted by molar-refractivity contribution is 14.0. The van der Waals surface area contributed by atoms with Gasteiger partial charge in [0.2, 0.25) is 5.91 Å². The highest BCUT2D eigenvalue weighted by Crippen LogP contribution is 2.13. The van der Waals surface area contributed by atoms with Crippen molar-refractivity contribution in [1.29, 1.82) is 0 Å². The Morgan fingerprint density at radius 2 is 1.97 bits per heavy atom. The predicted octanol–water partition coefficient (Wildman–Crippen LogP) is 3.07. The molecule has 1 atom stereocenters. The van der Waals surface area contributed by atoms with Crippen LogP contribution in [-0.4, -0.2) is 60.1 Å². The van der Waals surface area contributed by atoms with Crippen LogP contribution in [0.25, 0.3) is 0 Å². The number of nitrogens with zero attached hydrogens (tertiary/aromatic N) is 3. The molecular formula is C21H34IN5O4. The van der Waals surface area contributed by atoms with Gasteiger partial charge in [0.15, 0.2) is 5.96 Å². The number of hydrogen-bond acceptors (Lipinski definition) is 5. The van der Waals surface area contributed by atoms with Gasteiger partial charge in [-0.25, -0.2) is 4.99 Å². The molecule has 0 aromatic heterocycles. The molecule has 1 saturated heterocycles. The number of nitro groups is 1. The largest absolute Gasteiger partial charge is 0.376 e. The van der Waals surface area contributed by atoms with Crippen molar-refractivity contribution < 1.29 is 14.5 Å². The fraction of sp³-hybridized carbons (Fsp3) is 0.619. The summed E-state index contributed by atoms with van der Waals surface area (Å²) in [5, 5.41) is 17.1. The second-order valence-electron chi connectivity index (χ2n) is 8.59. The minimum absolute atomic E-state index is 0. The first kappa shape index (κ1) is 27.1. The molecule has 2 N–H and O–H groups in total. The van der Waals surface area contributed by atoms with Crippen molar-refractivity contribution in [3.63, 3.8) is 0 Å². The fourth-order valence-corrected chi connectivity index (χ4v) is 3.12. The Morgan fingerprint density at radius 1 is 1.29 bits per heavy atom. The first-order valence-electron chi connectivity index (χ1n) is 10.3. The van der Waals surface area contributed by atoms with Crippen LogP contribution in [0, 0.1) is 10.1 Å². The van der Waals surface area contributed by atoms with Crippen molar-refractivity contribution >= 4 is 41.5 Å². The van der Waals surface area contributed by atoms with Crippen molar-refractivity contribution in [2.45, 2.75) is 58.2 Å². The molecule has 1 aliphatic rings. The quantitative estimate of drug-likeness (QED) is 0.179. The molecule has 1 aromatic rings. The molecule has 2 rings (SSSR count). The maximum atomic E-state index is 12.3. The van der Waals surface area contributed by atoms with Gasteiger partial charge in [0, 0.05) is 37.9 Å². The first-order valence-corrected chi connectivity index (χ1v) is 10.3. The minimum Gasteiger partial charge on any atom is -0.376 e. The standard InChI is InChI=1S/C21H33N5O4.HI/c1-21(2,3)24-19(27)15-25(4)20(23-14-18-7-5-6-12-30-18)22-13-16-8-10-17(11-9-16)26(28)29;/h8-11,18H,5-7,12-15H2,1-4H3,(H,22,23)(H,24,27);1H. The molecule has 1 aromatic carbocycles. The topological polar surface area (TPSA) is 109 Å². The summed E-state index contributed by atoms with van der Waals surface area (Å²) in [5.74, 6) is 0.496. The summed E-state index contributed by atoms with van der Waals surface area (Å²) in [6.45, 7) is 7.70. The van der Waals surface area contributed by atoms with Gasteiger partial charge in [-0.05, 0) is 45.6 Å². The number of aliphatic imine (C=N–C) groups is 1. The third-order valence-electron chi connectivity index (χ3n) is 4.58. The Hall–Kier alpha value is -1.95. The number of amides is 1. The number of carbonyl (C=O) groups excluding carboxylic acids is 1. The highest BCUT2D eigenvalue weighted by Gasteiger charge is 2.19. The smallest absolute Gasteiger partial charge is 0.269 e. The molecule has 0 aliphatic carbocycles. The molecular weight excluding hydrogens is 513 g/mol. The summed E-state index contributed by atoms with van der Waals surface area (Å²) < 4.78 is 5.77. The van der Waals surface area contributed by atoms with E-state index in [0.29, 0.717) is 19.0 Å². The molecule has 1 heterocycles. The van der Waals surface area contributed by atoms with Gasteiger partial charge in [-0.1, -0.05) is 12.1 Å². The number of nitro benzene ring substituents is 1. The lowest BCUT2D eigenvalue weighted by molar-refractivity contribution is -0.384. The van der Waals surface area contributed by atoms with Gasteiger partial charge < -0.3 is 20.3 Å². The fourth-order valence-electron chi connectivity index (χ4n) is 3.12. The van der Waals surface area contributed by atoms with Crippen LogP contribution in [0.4, 0.5) is 5.69 Å². The van der Waals surface area contributed by atoms with Gasteiger partial charge in [-0.2, -0.15) is 0 Å². The molecule has 174 valence electrons. The number of hydrogen-bond donors (Lipinski definition) is 2. The van der Waals surface area contributed by atoms with Gasteiger partial charge in [0.05, 0.1) is 24.1 Å². The van der Waals surface area contributed by atoms with Crippen LogP contribution in [0.1, 0.15) is 45.6 Å². The summed E-state index contributed by atoms with van der Waals surface area (Å²) in [5.41, 5.74) is 0.588. The van der Waals surface area contributed by atoms with Crippen molar-refractivity contribution in [1.82, 2.24) is 15.5 Å². The van der Waals surface area contributed by atoms with E-state index in [1.807, 2.05) is 27.8 Å². The van der Waals surface area contributed by atoms with E-state index in [0.717, 1.165) is 31.4 Å². The lowest BCUT2D eigenvalue weighted by atomic mass is 10.1. The summed E-state index contributed by atoms with van der Waals surface area (Å²) in [4.78, 5) is 29.1. The maximum absolute atomic E-state index is 12.3. The lowest BCUT2D eigenvalue weighted by Gasteiger charge is -2.28. The number of halogens is 1. The second-order valence-corrected chi connectivity index (χ2v) is 8.59. The van der Waals surface area contributed by atoms with Gasteiger partial charge in [0.25, 0.3) is 5.69 Å². The molecule has 1 fully saturated rings. The number of rotatable bonds is 7. The number of ether oxygens (including phenoxy) is 1. The lowest BCUT2D eigenvalue weighted by Crippen LogP contribution is -2.50. The van der Waals surface area contributed by atoms with Crippen LogP contribution >= 0.6 is 24.0 Å². The number of likely N-dealkylation sites (N-methyl/N-ethyl adjacent to an activating group) is 1. The maximum Gasteiger partial charge on any atom is 0.269 e. The van der Waals surface area contributed by atoms with Crippen molar-refractivity contribution in [3.05, 3.63) is 39.9 Å². The van der Waals surface area contributed by atoms with E-state index in [1.165, 1.54) is 12.1 Å². The van der Waals surface area contributed by atoms with Crippen LogP contribution in [-0.2, 0) is 16.1 Å². The molecule has 1 unspecified atom stereocenters. The number of carbonyl (C=O) groups is 1. The van der Waals surface area contributed by atoms with Crippen LogP contribution in [0.15, 0.2) is 29.3 Å². The molecule has 0 radical (unpaired) electrons. The molecule has 10 heteroatoms. The minimum atomic E-state index is -0.425. The summed E-state index contributed by atoms with van der Waals surface area (Å²) in [7, 11) is 1.81. The van der Waals surface area contributed by atoms with E-state index in [-0.39, 0.29) is 53.8 Å². The van der Waals surface area contributed by atoms with Crippen molar-refractivity contribution in [2.24, 2.45) is 4.99 Å². The molecule has 0 bridgehead atoms. The van der Waals surface area contributed by atoms with E-state index in [1.54, 1.807) is 17.0 Å². The highest BCUT2D eigenvalue weighted by atomic mass is 127. The molecule has 9 nitrogen and oxygen atoms in total. The molecule has 1 aliphatic heterocycles. The van der Waals surface area contributed by atoms with E-state index in [9.17, 15) is 14.9 Å². The number of guanidine groups is 1. The van der Waals surface area contributed by atoms with E-state index < -0.39 is 4.92 Å². The van der Waals surface area contributed by atoms with Crippen LogP contribution < -0.4 is 10.6 Å². The van der Waals surface area contributed by atoms with Crippen LogP contribution in [0.3, 0.4) is 0 Å². The zero-order valence-electron chi connectivity index (χ0n) is 18.7. The summed E-state index contributed by atoms with van der Waals surface area (Å²) in [6.07, 6.45) is 3.35. The third kappa shape index (κ3) is 10.3. The SMILES string of the molecule is CN(CC(=O)NC(C)(C)C)C(=NCc1ccc([N+](=O)[O-])cc1)NCC1CCCCO1.I. The average molecular weight is 547 g/mol. The summed E-state index contributed by atoms with van der Waals surface area (Å²) in [6, 6.07) is 6.31. The van der Waals surface area contributed by atoms with Crippen LogP contribution in [0.2, 0.25) is 0 Å². The van der Waals surface area contributed by atoms with Gasteiger partial charge in [0.1, 0.15) is 0 Å². The monoisotopic (exact) mass is 547 g/mol. The van der Waals surface area contributed by atoms with Crippen LogP contribution in [0.5, 0.6) is 0 Å². The Morgan fingerprint density at radius 3 is 2.52 bits per heavy atom. The molecule has 0 saturated carbocycles. The molecule has 0 spiro atoms. The first-order chi connectivity index (χ1) is 14.1. The Kier molecular flexibility index (Phi) is 11.2. The predicted molar refractivity (Wildman–Crippen MR) is 132 cm³/mol. The number of non-ortho nitro benzene ring substituents is 1. The summed E-state index contributed by atoms with van der Waals surface area (Å²) >= 11 is 0. The number of benzene rings is 1. The third-order valence-corrected chi connectivity index (χ3v) is 4.58. The van der Waals surface area contributed by atoms with Crippen molar-refractivity contribution in [2.75, 3.05) is 26.7 Å². The van der Waals surface area contributed by atoms with E-state index >= 15 is 0 Å². The normalized spacial score (nSPS) is 16.8. The van der Waals surface area contributed by atoms with E-state index in [4.69, 9.17) is 4.74 Å². The zero-order chi connectivity index (χ0) is 22.1. The molecule has 1 amide bonds. The molecule has 31 heavy (non-hydrogen) atoms. The van der Waals surface area contributed by atoms with E-state index in [2.05, 4.69) is 15.6 Å².